The fourth-order valence-corrected chi connectivity index (χ4v) is 2.51. The summed E-state index contributed by atoms with van der Waals surface area (Å²) in [5.74, 6) is -1.11. The third kappa shape index (κ3) is 2.44. The molecule has 1 aromatic carbocycles. The van der Waals surface area contributed by atoms with Crippen molar-refractivity contribution in [2.75, 3.05) is 18.0 Å². The van der Waals surface area contributed by atoms with E-state index in [-0.39, 0.29) is 17.3 Å². The van der Waals surface area contributed by atoms with Crippen LogP contribution in [0.5, 0.6) is 0 Å². The minimum Gasteiger partial charge on any atom is -0.365 e. The average molecular weight is 251 g/mol. The Morgan fingerprint density at radius 3 is 2.44 bits per heavy atom. The van der Waals surface area contributed by atoms with Gasteiger partial charge in [0.25, 0.3) is 0 Å². The van der Waals surface area contributed by atoms with Crippen molar-refractivity contribution in [1.29, 1.82) is 5.26 Å². The van der Waals surface area contributed by atoms with Crippen LogP contribution in [-0.4, -0.2) is 19.1 Å². The van der Waals surface area contributed by atoms with Gasteiger partial charge in [-0.2, -0.15) is 5.26 Å². The third-order valence-electron chi connectivity index (χ3n) is 3.15. The number of piperidine rings is 1. The third-order valence-corrected chi connectivity index (χ3v) is 3.15. The Balaban J connectivity index is 2.36. The lowest BCUT2D eigenvalue weighted by Gasteiger charge is -2.36. The maximum atomic E-state index is 13.9. The van der Waals surface area contributed by atoms with Crippen LogP contribution in [0.25, 0.3) is 0 Å². The van der Waals surface area contributed by atoms with Gasteiger partial charge in [-0.25, -0.2) is 8.78 Å². The SMILES string of the molecule is CC1CC(N)CN(c2c(F)cc(C#N)cc2F)C1. The lowest BCUT2D eigenvalue weighted by Crippen LogP contribution is -2.47. The lowest BCUT2D eigenvalue weighted by molar-refractivity contribution is 0.394. The Labute approximate surface area is 105 Å². The fourth-order valence-electron chi connectivity index (χ4n) is 2.51. The summed E-state index contributed by atoms with van der Waals surface area (Å²) in [6.45, 7) is 3.02. The highest BCUT2D eigenvalue weighted by atomic mass is 19.1. The maximum absolute atomic E-state index is 13.9. The van der Waals surface area contributed by atoms with Crippen molar-refractivity contribution in [3.63, 3.8) is 0 Å². The first-order valence-corrected chi connectivity index (χ1v) is 5.91. The smallest absolute Gasteiger partial charge is 0.150 e. The quantitative estimate of drug-likeness (QED) is 0.830. The van der Waals surface area contributed by atoms with Crippen LogP contribution >= 0.6 is 0 Å². The normalized spacial score (nSPS) is 23.8. The summed E-state index contributed by atoms with van der Waals surface area (Å²) in [5, 5.41) is 8.65. The average Bonchev–Trinajstić information content (AvgIpc) is 2.26. The van der Waals surface area contributed by atoms with Crippen LogP contribution in [0.15, 0.2) is 12.1 Å². The van der Waals surface area contributed by atoms with Gasteiger partial charge < -0.3 is 10.6 Å². The highest BCUT2D eigenvalue weighted by Crippen LogP contribution is 2.28. The molecule has 0 bridgehead atoms. The van der Waals surface area contributed by atoms with Crippen molar-refractivity contribution in [3.8, 4) is 6.07 Å². The molecule has 2 unspecified atom stereocenters. The minimum atomic E-state index is -0.701. The van der Waals surface area contributed by atoms with E-state index in [4.69, 9.17) is 11.0 Å². The Kier molecular flexibility index (Phi) is 3.48. The second-order valence-corrected chi connectivity index (χ2v) is 4.91. The summed E-state index contributed by atoms with van der Waals surface area (Å²) < 4.78 is 27.7. The van der Waals surface area contributed by atoms with Crippen molar-refractivity contribution in [1.82, 2.24) is 0 Å². The summed E-state index contributed by atoms with van der Waals surface area (Å²) >= 11 is 0. The van der Waals surface area contributed by atoms with Gasteiger partial charge in [0.1, 0.15) is 5.69 Å². The highest BCUT2D eigenvalue weighted by molar-refractivity contribution is 5.53. The standard InChI is InChI=1S/C13H15F2N3/c1-8-2-10(17)7-18(6-8)13-11(14)3-9(5-16)4-12(13)15/h3-4,8,10H,2,6-7,17H2,1H3. The van der Waals surface area contributed by atoms with Crippen molar-refractivity contribution >= 4 is 5.69 Å². The first kappa shape index (κ1) is 12.8. The molecule has 3 nitrogen and oxygen atoms in total. The van der Waals surface area contributed by atoms with Gasteiger partial charge in [-0.1, -0.05) is 6.92 Å². The monoisotopic (exact) mass is 251 g/mol. The predicted molar refractivity (Wildman–Crippen MR) is 65.0 cm³/mol. The summed E-state index contributed by atoms with van der Waals surface area (Å²) in [6, 6.07) is 3.77. The zero-order valence-electron chi connectivity index (χ0n) is 10.2. The van der Waals surface area contributed by atoms with Crippen molar-refractivity contribution < 1.29 is 8.78 Å². The van der Waals surface area contributed by atoms with E-state index < -0.39 is 11.6 Å². The predicted octanol–water partition coefficient (Wildman–Crippen LogP) is 2.01. The van der Waals surface area contributed by atoms with Gasteiger partial charge in [0.2, 0.25) is 0 Å². The van der Waals surface area contributed by atoms with Gasteiger partial charge >= 0.3 is 0 Å². The molecular weight excluding hydrogens is 236 g/mol. The second-order valence-electron chi connectivity index (χ2n) is 4.91. The van der Waals surface area contributed by atoms with E-state index in [0.29, 0.717) is 19.0 Å². The van der Waals surface area contributed by atoms with Crippen molar-refractivity contribution in [3.05, 3.63) is 29.3 Å². The molecule has 18 heavy (non-hydrogen) atoms. The molecule has 1 saturated heterocycles. The molecule has 1 aromatic rings. The minimum absolute atomic E-state index is 0.0110. The summed E-state index contributed by atoms with van der Waals surface area (Å²) in [4.78, 5) is 1.63. The molecule has 1 fully saturated rings. The van der Waals surface area contributed by atoms with E-state index in [1.807, 2.05) is 6.92 Å². The van der Waals surface area contributed by atoms with E-state index in [0.717, 1.165) is 18.6 Å². The highest BCUT2D eigenvalue weighted by Gasteiger charge is 2.26. The second kappa shape index (κ2) is 4.91. The molecular formula is C13H15F2N3. The number of rotatable bonds is 1. The van der Waals surface area contributed by atoms with Gasteiger partial charge in [0.15, 0.2) is 11.6 Å². The zero-order valence-corrected chi connectivity index (χ0v) is 10.2. The van der Waals surface area contributed by atoms with Gasteiger partial charge in [0.05, 0.1) is 11.6 Å². The van der Waals surface area contributed by atoms with Crippen molar-refractivity contribution in [2.24, 2.45) is 11.7 Å². The summed E-state index contributed by atoms with van der Waals surface area (Å²) in [5.41, 5.74) is 5.79. The number of halogens is 2. The van der Waals surface area contributed by atoms with E-state index in [2.05, 4.69) is 0 Å². The van der Waals surface area contributed by atoms with Crippen LogP contribution in [0, 0.1) is 28.9 Å². The molecule has 0 aliphatic carbocycles. The number of hydrogen-bond donors (Lipinski definition) is 1. The largest absolute Gasteiger partial charge is 0.365 e. The van der Waals surface area contributed by atoms with Crippen LogP contribution in [0.1, 0.15) is 18.9 Å². The first-order valence-electron chi connectivity index (χ1n) is 5.91. The number of nitrogens with zero attached hydrogens (tertiary/aromatic N) is 2. The lowest BCUT2D eigenvalue weighted by atomic mass is 9.96. The van der Waals surface area contributed by atoms with Gasteiger partial charge in [0, 0.05) is 19.1 Å². The van der Waals surface area contributed by atoms with E-state index in [9.17, 15) is 8.78 Å². The molecule has 0 amide bonds. The molecule has 2 atom stereocenters. The topological polar surface area (TPSA) is 53.0 Å². The Morgan fingerprint density at radius 2 is 1.94 bits per heavy atom. The van der Waals surface area contributed by atoms with Crippen LogP contribution in [0.3, 0.4) is 0 Å². The molecule has 0 aromatic heterocycles. The number of anilines is 1. The first-order chi connectivity index (χ1) is 8.51. The summed E-state index contributed by atoms with van der Waals surface area (Å²) in [7, 11) is 0. The van der Waals surface area contributed by atoms with Crippen LogP contribution in [-0.2, 0) is 0 Å². The van der Waals surface area contributed by atoms with Gasteiger partial charge in [-0.15, -0.1) is 0 Å². The maximum Gasteiger partial charge on any atom is 0.150 e. The Morgan fingerprint density at radius 1 is 1.33 bits per heavy atom. The van der Waals surface area contributed by atoms with Gasteiger partial charge in [-0.05, 0) is 24.5 Å². The number of benzene rings is 1. The van der Waals surface area contributed by atoms with Crippen LogP contribution < -0.4 is 10.6 Å². The molecule has 2 N–H and O–H groups in total. The summed E-state index contributed by atoms with van der Waals surface area (Å²) in [6.07, 6.45) is 0.857. The molecule has 96 valence electrons. The van der Waals surface area contributed by atoms with E-state index in [1.54, 1.807) is 11.0 Å². The zero-order chi connectivity index (χ0) is 13.3. The molecule has 2 rings (SSSR count). The molecule has 1 aliphatic heterocycles. The van der Waals surface area contributed by atoms with Crippen LogP contribution in [0.2, 0.25) is 0 Å². The van der Waals surface area contributed by atoms with Gasteiger partial charge in [-0.3, -0.25) is 0 Å². The molecule has 1 aliphatic rings. The Hall–Kier alpha value is -1.67. The number of nitriles is 1. The number of hydrogen-bond acceptors (Lipinski definition) is 3. The molecule has 0 saturated carbocycles. The molecule has 1 heterocycles. The molecule has 0 spiro atoms. The van der Waals surface area contributed by atoms with Crippen molar-refractivity contribution in [2.45, 2.75) is 19.4 Å². The molecule has 5 heteroatoms. The Bertz CT molecular complexity index is 462. The van der Waals surface area contributed by atoms with E-state index in [1.165, 1.54) is 0 Å². The fraction of sp³-hybridized carbons (Fsp3) is 0.462. The van der Waals surface area contributed by atoms with E-state index >= 15 is 0 Å². The van der Waals surface area contributed by atoms with Crippen LogP contribution in [0.4, 0.5) is 14.5 Å². The molecule has 0 radical (unpaired) electrons. The number of nitrogens with two attached hydrogens (primary N) is 1.